The number of nitrogens with zero attached hydrogens (tertiary/aromatic N) is 2. The Bertz CT molecular complexity index is 718. The molecule has 0 spiro atoms. The molecule has 1 saturated heterocycles. The Morgan fingerprint density at radius 3 is 2.65 bits per heavy atom. The van der Waals surface area contributed by atoms with Crippen molar-refractivity contribution in [1.82, 2.24) is 9.80 Å². The van der Waals surface area contributed by atoms with Crippen LogP contribution in [0.3, 0.4) is 0 Å². The van der Waals surface area contributed by atoms with Crippen molar-refractivity contribution < 1.29 is 14.7 Å². The highest BCUT2D eigenvalue weighted by Crippen LogP contribution is 2.23. The van der Waals surface area contributed by atoms with Crippen LogP contribution < -0.4 is 0 Å². The summed E-state index contributed by atoms with van der Waals surface area (Å²) in [6.07, 6.45) is 2.52. The molecule has 138 valence electrons. The predicted molar refractivity (Wildman–Crippen MR) is 102 cm³/mol. The van der Waals surface area contributed by atoms with Crippen molar-refractivity contribution in [2.75, 3.05) is 19.7 Å². The van der Waals surface area contributed by atoms with Gasteiger partial charge in [0.15, 0.2) is 0 Å². The SMILES string of the molecule is O=C(C1CCCCN1C(=O)c1cccs1)N(CCO)Cc1ccccc1. The highest BCUT2D eigenvalue weighted by molar-refractivity contribution is 7.12. The lowest BCUT2D eigenvalue weighted by Crippen LogP contribution is -2.53. The second-order valence-electron chi connectivity index (χ2n) is 6.46. The fraction of sp³-hybridized carbons (Fsp3) is 0.400. The van der Waals surface area contributed by atoms with Crippen molar-refractivity contribution in [3.8, 4) is 0 Å². The summed E-state index contributed by atoms with van der Waals surface area (Å²) < 4.78 is 0. The molecule has 1 unspecified atom stereocenters. The van der Waals surface area contributed by atoms with E-state index in [0.29, 0.717) is 24.4 Å². The van der Waals surface area contributed by atoms with E-state index in [1.54, 1.807) is 15.9 Å². The first-order valence-corrected chi connectivity index (χ1v) is 9.86. The van der Waals surface area contributed by atoms with Gasteiger partial charge in [0.05, 0.1) is 11.5 Å². The number of thiophene rings is 1. The molecule has 1 atom stereocenters. The zero-order valence-electron chi connectivity index (χ0n) is 14.7. The zero-order chi connectivity index (χ0) is 18.4. The van der Waals surface area contributed by atoms with Gasteiger partial charge in [-0.1, -0.05) is 36.4 Å². The van der Waals surface area contributed by atoms with Crippen LogP contribution in [0.5, 0.6) is 0 Å². The Morgan fingerprint density at radius 1 is 1.15 bits per heavy atom. The van der Waals surface area contributed by atoms with Gasteiger partial charge in [0.1, 0.15) is 6.04 Å². The van der Waals surface area contributed by atoms with Crippen molar-refractivity contribution in [2.45, 2.75) is 31.8 Å². The molecule has 2 heterocycles. The van der Waals surface area contributed by atoms with E-state index in [1.165, 1.54) is 11.3 Å². The van der Waals surface area contributed by atoms with Crippen LogP contribution in [0.25, 0.3) is 0 Å². The lowest BCUT2D eigenvalue weighted by molar-refractivity contribution is -0.138. The van der Waals surface area contributed by atoms with Gasteiger partial charge in [-0.2, -0.15) is 0 Å². The summed E-state index contributed by atoms with van der Waals surface area (Å²) in [5.74, 6) is -0.144. The molecule has 1 aromatic heterocycles. The fourth-order valence-corrected chi connectivity index (χ4v) is 4.05. The van der Waals surface area contributed by atoms with E-state index in [9.17, 15) is 14.7 Å². The van der Waals surface area contributed by atoms with Crippen LogP contribution in [0.1, 0.15) is 34.5 Å². The molecule has 0 saturated carbocycles. The molecular weight excluding hydrogens is 348 g/mol. The van der Waals surface area contributed by atoms with Crippen LogP contribution in [-0.2, 0) is 11.3 Å². The molecule has 1 N–H and O–H groups in total. The summed E-state index contributed by atoms with van der Waals surface area (Å²) in [6.45, 7) is 1.22. The molecule has 1 aliphatic rings. The number of benzene rings is 1. The Balaban J connectivity index is 1.78. The number of carbonyl (C=O) groups is 2. The van der Waals surface area contributed by atoms with Gasteiger partial charge < -0.3 is 14.9 Å². The number of aliphatic hydroxyl groups is 1. The van der Waals surface area contributed by atoms with E-state index in [0.717, 1.165) is 18.4 Å². The van der Waals surface area contributed by atoms with Crippen molar-refractivity contribution >= 4 is 23.2 Å². The zero-order valence-corrected chi connectivity index (χ0v) is 15.5. The molecule has 1 aliphatic heterocycles. The summed E-state index contributed by atoms with van der Waals surface area (Å²) >= 11 is 1.40. The van der Waals surface area contributed by atoms with Crippen molar-refractivity contribution in [1.29, 1.82) is 0 Å². The van der Waals surface area contributed by atoms with Crippen LogP contribution in [-0.4, -0.2) is 52.5 Å². The molecule has 1 fully saturated rings. The van der Waals surface area contributed by atoms with E-state index in [2.05, 4.69) is 0 Å². The number of hydrogen-bond donors (Lipinski definition) is 1. The summed E-state index contributed by atoms with van der Waals surface area (Å²) in [5.41, 5.74) is 1.02. The second kappa shape index (κ2) is 8.96. The summed E-state index contributed by atoms with van der Waals surface area (Å²) in [5, 5.41) is 11.3. The van der Waals surface area contributed by atoms with E-state index in [4.69, 9.17) is 0 Å². The van der Waals surface area contributed by atoms with Crippen LogP contribution in [0.4, 0.5) is 0 Å². The third kappa shape index (κ3) is 4.31. The Kier molecular flexibility index (Phi) is 6.41. The maximum absolute atomic E-state index is 13.2. The van der Waals surface area contributed by atoms with Crippen LogP contribution in [0.15, 0.2) is 47.8 Å². The summed E-state index contributed by atoms with van der Waals surface area (Å²) in [4.78, 5) is 30.1. The maximum atomic E-state index is 13.2. The van der Waals surface area contributed by atoms with Crippen LogP contribution in [0.2, 0.25) is 0 Å². The topological polar surface area (TPSA) is 60.9 Å². The normalized spacial score (nSPS) is 17.1. The van der Waals surface area contributed by atoms with Gasteiger partial charge in [-0.05, 0) is 36.3 Å². The number of likely N-dealkylation sites (tertiary alicyclic amines) is 1. The van der Waals surface area contributed by atoms with Gasteiger partial charge in [0.25, 0.3) is 5.91 Å². The quantitative estimate of drug-likeness (QED) is 0.848. The van der Waals surface area contributed by atoms with Gasteiger partial charge in [0.2, 0.25) is 5.91 Å². The van der Waals surface area contributed by atoms with Crippen molar-refractivity contribution in [2.24, 2.45) is 0 Å². The van der Waals surface area contributed by atoms with Crippen molar-refractivity contribution in [3.63, 3.8) is 0 Å². The molecule has 1 aromatic carbocycles. The average Bonchev–Trinajstić information content (AvgIpc) is 3.22. The Labute approximate surface area is 157 Å². The number of piperidine rings is 1. The van der Waals surface area contributed by atoms with E-state index in [-0.39, 0.29) is 25.0 Å². The second-order valence-corrected chi connectivity index (χ2v) is 7.40. The molecule has 26 heavy (non-hydrogen) atoms. The third-order valence-electron chi connectivity index (χ3n) is 4.68. The third-order valence-corrected chi connectivity index (χ3v) is 5.54. The highest BCUT2D eigenvalue weighted by Gasteiger charge is 2.35. The predicted octanol–water partition coefficient (Wildman–Crippen LogP) is 2.76. The van der Waals surface area contributed by atoms with Gasteiger partial charge in [-0.3, -0.25) is 9.59 Å². The first kappa shape index (κ1) is 18.6. The molecule has 0 aliphatic carbocycles. The van der Waals surface area contributed by atoms with Gasteiger partial charge in [-0.15, -0.1) is 11.3 Å². The Morgan fingerprint density at radius 2 is 1.96 bits per heavy atom. The number of hydrogen-bond acceptors (Lipinski definition) is 4. The van der Waals surface area contributed by atoms with E-state index < -0.39 is 6.04 Å². The van der Waals surface area contributed by atoms with E-state index >= 15 is 0 Å². The molecule has 0 bridgehead atoms. The average molecular weight is 372 g/mol. The van der Waals surface area contributed by atoms with E-state index in [1.807, 2.05) is 41.8 Å². The van der Waals surface area contributed by atoms with Crippen LogP contribution in [0, 0.1) is 0 Å². The van der Waals surface area contributed by atoms with Gasteiger partial charge >= 0.3 is 0 Å². The molecule has 5 nitrogen and oxygen atoms in total. The summed E-state index contributed by atoms with van der Waals surface area (Å²) in [6, 6.07) is 12.9. The highest BCUT2D eigenvalue weighted by atomic mass is 32.1. The molecule has 0 radical (unpaired) electrons. The minimum Gasteiger partial charge on any atom is -0.395 e. The Hall–Kier alpha value is -2.18. The first-order chi connectivity index (χ1) is 12.7. The lowest BCUT2D eigenvalue weighted by atomic mass is 10.00. The largest absolute Gasteiger partial charge is 0.395 e. The molecule has 6 heteroatoms. The van der Waals surface area contributed by atoms with Gasteiger partial charge in [-0.25, -0.2) is 0 Å². The monoisotopic (exact) mass is 372 g/mol. The first-order valence-electron chi connectivity index (χ1n) is 8.98. The number of aliphatic hydroxyl groups excluding tert-OH is 1. The molecular formula is C20H24N2O3S. The lowest BCUT2D eigenvalue weighted by Gasteiger charge is -2.37. The van der Waals surface area contributed by atoms with Gasteiger partial charge in [0, 0.05) is 19.6 Å². The van der Waals surface area contributed by atoms with Crippen molar-refractivity contribution in [3.05, 3.63) is 58.3 Å². The fourth-order valence-electron chi connectivity index (χ4n) is 3.38. The molecule has 2 amide bonds. The standard InChI is InChI=1S/C20H24N2O3S/c23-13-12-21(15-16-7-2-1-3-8-16)19(24)17-9-4-5-11-22(17)20(25)18-10-6-14-26-18/h1-3,6-8,10,14,17,23H,4-5,9,11-13,15H2. The number of carbonyl (C=O) groups excluding carboxylic acids is 2. The van der Waals surface area contributed by atoms with Crippen LogP contribution >= 0.6 is 11.3 Å². The number of rotatable bonds is 6. The summed E-state index contributed by atoms with van der Waals surface area (Å²) in [7, 11) is 0. The minimum absolute atomic E-state index is 0.0679. The molecule has 2 aromatic rings. The minimum atomic E-state index is -0.450. The molecule has 3 rings (SSSR count). The maximum Gasteiger partial charge on any atom is 0.264 e. The smallest absolute Gasteiger partial charge is 0.264 e. The number of amides is 2.